The molecule has 1 saturated heterocycles. The van der Waals surface area contributed by atoms with Gasteiger partial charge < -0.3 is 4.90 Å². The lowest BCUT2D eigenvalue weighted by molar-refractivity contribution is 0.249. The van der Waals surface area contributed by atoms with E-state index in [4.69, 9.17) is 9.97 Å². The number of anilines is 1. The molecule has 3 aromatic heterocycles. The lowest BCUT2D eigenvalue weighted by Gasteiger charge is -2.35. The van der Waals surface area contributed by atoms with E-state index < -0.39 is 0 Å². The zero-order chi connectivity index (χ0) is 21.8. The summed E-state index contributed by atoms with van der Waals surface area (Å²) >= 11 is 0. The second-order valence-electron chi connectivity index (χ2n) is 8.00. The summed E-state index contributed by atoms with van der Waals surface area (Å²) in [5.41, 5.74) is 4.18. The first-order chi connectivity index (χ1) is 15.8. The van der Waals surface area contributed by atoms with Gasteiger partial charge in [0.05, 0.1) is 11.9 Å². The van der Waals surface area contributed by atoms with Crippen molar-refractivity contribution in [3.05, 3.63) is 84.4 Å². The number of aromatic nitrogens is 5. The number of rotatable bonds is 6. The maximum Gasteiger partial charge on any atom is 0.180 e. The zero-order valence-corrected chi connectivity index (χ0v) is 18.3. The number of aryl methyl sites for hydroxylation is 1. The summed E-state index contributed by atoms with van der Waals surface area (Å²) in [5, 5.41) is 4.53. The number of nitrogens with zero attached hydrogens (tertiary/aromatic N) is 7. The number of pyridine rings is 1. The largest absolute Gasteiger partial charge is 0.354 e. The fourth-order valence-corrected chi connectivity index (χ4v) is 3.99. The van der Waals surface area contributed by atoms with Gasteiger partial charge in [0.25, 0.3) is 0 Å². The van der Waals surface area contributed by atoms with E-state index in [0.717, 1.165) is 62.0 Å². The number of hydrogen-bond acceptors (Lipinski definition) is 6. The molecule has 1 aromatic carbocycles. The number of para-hydroxylation sites is 1. The molecular weight excluding hydrogens is 398 g/mol. The summed E-state index contributed by atoms with van der Waals surface area (Å²) in [7, 11) is 0. The SMILES string of the molecule is CCc1cc(N2CCN(Cc3cnn(-c4ccccc4)c3)CC2)nc(-c2ccccn2)n1. The van der Waals surface area contributed by atoms with Crippen LogP contribution in [0.4, 0.5) is 5.82 Å². The average molecular weight is 426 g/mol. The van der Waals surface area contributed by atoms with E-state index in [2.05, 4.69) is 51.2 Å². The summed E-state index contributed by atoms with van der Waals surface area (Å²) in [5.74, 6) is 1.70. The predicted molar refractivity (Wildman–Crippen MR) is 126 cm³/mol. The van der Waals surface area contributed by atoms with Crippen molar-refractivity contribution < 1.29 is 0 Å². The number of piperazine rings is 1. The third-order valence-corrected chi connectivity index (χ3v) is 5.78. The minimum absolute atomic E-state index is 0.704. The van der Waals surface area contributed by atoms with Crippen LogP contribution in [0.2, 0.25) is 0 Å². The maximum absolute atomic E-state index is 4.84. The van der Waals surface area contributed by atoms with Gasteiger partial charge in [-0.3, -0.25) is 9.88 Å². The number of benzene rings is 1. The minimum Gasteiger partial charge on any atom is -0.354 e. The Labute approximate surface area is 188 Å². The van der Waals surface area contributed by atoms with Crippen molar-refractivity contribution in [1.29, 1.82) is 0 Å². The summed E-state index contributed by atoms with van der Waals surface area (Å²) < 4.78 is 1.94. The van der Waals surface area contributed by atoms with Crippen LogP contribution in [0.15, 0.2) is 73.2 Å². The van der Waals surface area contributed by atoms with Gasteiger partial charge in [0.15, 0.2) is 5.82 Å². The summed E-state index contributed by atoms with van der Waals surface area (Å²) in [6.45, 7) is 6.89. The molecule has 0 radical (unpaired) electrons. The van der Waals surface area contributed by atoms with Gasteiger partial charge in [-0.15, -0.1) is 0 Å². The molecule has 0 aliphatic carbocycles. The second-order valence-corrected chi connectivity index (χ2v) is 8.00. The lowest BCUT2D eigenvalue weighted by atomic mass is 10.2. The second kappa shape index (κ2) is 9.28. The molecule has 0 spiro atoms. The molecule has 4 heterocycles. The van der Waals surface area contributed by atoms with Gasteiger partial charge in [-0.2, -0.15) is 5.10 Å². The van der Waals surface area contributed by atoms with Crippen molar-refractivity contribution in [2.45, 2.75) is 19.9 Å². The monoisotopic (exact) mass is 425 g/mol. The van der Waals surface area contributed by atoms with Gasteiger partial charge in [0.2, 0.25) is 0 Å². The highest BCUT2D eigenvalue weighted by molar-refractivity contribution is 5.54. The van der Waals surface area contributed by atoms with Crippen LogP contribution >= 0.6 is 0 Å². The van der Waals surface area contributed by atoms with Crippen LogP contribution in [-0.4, -0.2) is 55.8 Å². The summed E-state index contributed by atoms with van der Waals surface area (Å²) in [6.07, 6.45) is 6.76. The van der Waals surface area contributed by atoms with E-state index in [-0.39, 0.29) is 0 Å². The molecule has 0 bridgehead atoms. The highest BCUT2D eigenvalue weighted by Crippen LogP contribution is 2.21. The topological polar surface area (TPSA) is 63.0 Å². The molecule has 7 nitrogen and oxygen atoms in total. The Bertz CT molecular complexity index is 1150. The van der Waals surface area contributed by atoms with Crippen molar-refractivity contribution in [2.75, 3.05) is 31.1 Å². The molecule has 1 fully saturated rings. The van der Waals surface area contributed by atoms with Gasteiger partial charge >= 0.3 is 0 Å². The molecule has 0 saturated carbocycles. The number of hydrogen-bond donors (Lipinski definition) is 0. The molecule has 0 atom stereocenters. The quantitative estimate of drug-likeness (QED) is 0.470. The van der Waals surface area contributed by atoms with E-state index in [1.165, 1.54) is 5.56 Å². The normalized spacial score (nSPS) is 14.6. The van der Waals surface area contributed by atoms with Crippen LogP contribution in [0.25, 0.3) is 17.2 Å². The third-order valence-electron chi connectivity index (χ3n) is 5.78. The Morgan fingerprint density at radius 3 is 2.47 bits per heavy atom. The van der Waals surface area contributed by atoms with Gasteiger partial charge in [0.1, 0.15) is 11.5 Å². The highest BCUT2D eigenvalue weighted by Gasteiger charge is 2.20. The van der Waals surface area contributed by atoms with Crippen LogP contribution in [-0.2, 0) is 13.0 Å². The van der Waals surface area contributed by atoms with E-state index in [0.29, 0.717) is 5.82 Å². The fourth-order valence-electron chi connectivity index (χ4n) is 3.99. The van der Waals surface area contributed by atoms with Crippen molar-refractivity contribution >= 4 is 5.82 Å². The van der Waals surface area contributed by atoms with E-state index in [9.17, 15) is 0 Å². The summed E-state index contributed by atoms with van der Waals surface area (Å²) in [4.78, 5) is 18.8. The fraction of sp³-hybridized carbons (Fsp3) is 0.280. The van der Waals surface area contributed by atoms with Gasteiger partial charge in [-0.1, -0.05) is 31.2 Å². The Morgan fingerprint density at radius 2 is 1.72 bits per heavy atom. The smallest absolute Gasteiger partial charge is 0.180 e. The van der Waals surface area contributed by atoms with Crippen molar-refractivity contribution in [1.82, 2.24) is 29.6 Å². The first kappa shape index (κ1) is 20.3. The molecule has 7 heteroatoms. The molecule has 0 unspecified atom stereocenters. The molecule has 162 valence electrons. The van der Waals surface area contributed by atoms with E-state index in [1.807, 2.05) is 47.3 Å². The molecule has 5 rings (SSSR count). The first-order valence-corrected chi connectivity index (χ1v) is 11.1. The molecule has 1 aliphatic heterocycles. The molecule has 0 amide bonds. The van der Waals surface area contributed by atoms with Gasteiger partial charge in [0, 0.05) is 62.4 Å². The van der Waals surface area contributed by atoms with Crippen LogP contribution in [0.5, 0.6) is 0 Å². The Balaban J connectivity index is 1.25. The molecule has 32 heavy (non-hydrogen) atoms. The van der Waals surface area contributed by atoms with Crippen LogP contribution < -0.4 is 4.90 Å². The molecule has 0 N–H and O–H groups in total. The molecular formula is C25H27N7. The van der Waals surface area contributed by atoms with Gasteiger partial charge in [-0.25, -0.2) is 14.6 Å². The lowest BCUT2D eigenvalue weighted by Crippen LogP contribution is -2.46. The molecule has 4 aromatic rings. The minimum atomic E-state index is 0.704. The van der Waals surface area contributed by atoms with Crippen molar-refractivity contribution in [3.8, 4) is 17.2 Å². The zero-order valence-electron chi connectivity index (χ0n) is 18.3. The first-order valence-electron chi connectivity index (χ1n) is 11.1. The van der Waals surface area contributed by atoms with Crippen molar-refractivity contribution in [2.24, 2.45) is 0 Å². The Morgan fingerprint density at radius 1 is 0.906 bits per heavy atom. The van der Waals surface area contributed by atoms with Crippen LogP contribution in [0.1, 0.15) is 18.2 Å². The third kappa shape index (κ3) is 4.53. The Kier molecular flexibility index (Phi) is 5.89. The van der Waals surface area contributed by atoms with Crippen LogP contribution in [0, 0.1) is 0 Å². The van der Waals surface area contributed by atoms with E-state index >= 15 is 0 Å². The maximum atomic E-state index is 4.84. The standard InChI is InChI=1S/C25H27N7/c1-2-21-16-24(29-25(28-21)23-10-6-7-11-26-23)31-14-12-30(13-15-31)18-20-17-27-32(19-20)22-8-4-3-5-9-22/h3-11,16-17,19H,2,12-15,18H2,1H3. The van der Waals surface area contributed by atoms with Gasteiger partial charge in [-0.05, 0) is 30.7 Å². The van der Waals surface area contributed by atoms with E-state index in [1.54, 1.807) is 6.20 Å². The van der Waals surface area contributed by atoms with Crippen molar-refractivity contribution in [3.63, 3.8) is 0 Å². The highest BCUT2D eigenvalue weighted by atomic mass is 15.3. The predicted octanol–water partition coefficient (Wildman–Crippen LogP) is 3.61. The average Bonchev–Trinajstić information content (AvgIpc) is 3.34. The Hall–Kier alpha value is -3.58. The summed E-state index contributed by atoms with van der Waals surface area (Å²) in [6, 6.07) is 18.2. The van der Waals surface area contributed by atoms with Crippen LogP contribution in [0.3, 0.4) is 0 Å². The molecule has 1 aliphatic rings.